The van der Waals surface area contributed by atoms with Crippen molar-refractivity contribution in [3.8, 4) is 0 Å². The minimum absolute atomic E-state index is 0. The van der Waals surface area contributed by atoms with Gasteiger partial charge in [-0.1, -0.05) is 6.92 Å². The van der Waals surface area contributed by atoms with E-state index in [1.807, 2.05) is 0 Å². The Bertz CT molecular complexity index is 392. The average Bonchev–Trinajstić information content (AvgIpc) is 2.39. The summed E-state index contributed by atoms with van der Waals surface area (Å²) in [6.07, 6.45) is 2.99. The molecule has 0 saturated carbocycles. The Morgan fingerprint density at radius 2 is 2.00 bits per heavy atom. The summed E-state index contributed by atoms with van der Waals surface area (Å²) in [7, 11) is -3.09. The lowest BCUT2D eigenvalue weighted by atomic mass is 10.00. The molecule has 3 N–H and O–H groups in total. The average molecular weight is 418 g/mol. The van der Waals surface area contributed by atoms with Gasteiger partial charge in [0.1, 0.15) is 0 Å². The van der Waals surface area contributed by atoms with Crippen LogP contribution in [0.5, 0.6) is 0 Å². The summed E-state index contributed by atoms with van der Waals surface area (Å²) in [4.78, 5) is 6.41. The molecule has 120 valence electrons. The summed E-state index contributed by atoms with van der Waals surface area (Å²) in [5.41, 5.74) is 5.93. The molecule has 1 saturated heterocycles. The monoisotopic (exact) mass is 418 g/mol. The molecule has 0 atom stereocenters. The number of piperidine rings is 1. The number of aliphatic imine (C=N–C) groups is 1. The van der Waals surface area contributed by atoms with Crippen LogP contribution in [0.3, 0.4) is 0 Å². The molecule has 1 heterocycles. The first-order valence-corrected chi connectivity index (χ1v) is 8.62. The second-order valence-corrected chi connectivity index (χ2v) is 7.16. The first kappa shape index (κ1) is 19.9. The van der Waals surface area contributed by atoms with Crippen molar-refractivity contribution in [3.05, 3.63) is 0 Å². The van der Waals surface area contributed by atoms with Crippen LogP contribution in [0.2, 0.25) is 0 Å². The molecule has 1 aliphatic heterocycles. The Morgan fingerprint density at radius 3 is 2.55 bits per heavy atom. The van der Waals surface area contributed by atoms with E-state index in [0.29, 0.717) is 25.5 Å². The van der Waals surface area contributed by atoms with Gasteiger partial charge in [0.25, 0.3) is 0 Å². The highest BCUT2D eigenvalue weighted by atomic mass is 127. The van der Waals surface area contributed by atoms with Crippen molar-refractivity contribution in [1.29, 1.82) is 0 Å². The number of hydrogen-bond donors (Lipinski definition) is 2. The highest BCUT2D eigenvalue weighted by Gasteiger charge is 2.16. The zero-order valence-corrected chi connectivity index (χ0v) is 15.5. The van der Waals surface area contributed by atoms with Gasteiger partial charge in [0.2, 0.25) is 10.0 Å². The maximum absolute atomic E-state index is 11.2. The Hall–Kier alpha value is -0.0900. The van der Waals surface area contributed by atoms with Gasteiger partial charge in [-0.2, -0.15) is 0 Å². The van der Waals surface area contributed by atoms with Crippen molar-refractivity contribution >= 4 is 40.0 Å². The molecule has 0 aromatic rings. The fraction of sp³-hybridized carbons (Fsp3) is 0.917. The highest BCUT2D eigenvalue weighted by Crippen LogP contribution is 2.15. The molecule has 0 aliphatic carbocycles. The van der Waals surface area contributed by atoms with Gasteiger partial charge in [-0.15, -0.1) is 24.0 Å². The van der Waals surface area contributed by atoms with Crippen molar-refractivity contribution in [2.24, 2.45) is 16.6 Å². The number of guanidine groups is 1. The normalized spacial score (nSPS) is 17.9. The molecule has 1 aliphatic rings. The Morgan fingerprint density at radius 1 is 1.40 bits per heavy atom. The Labute approximate surface area is 139 Å². The van der Waals surface area contributed by atoms with Gasteiger partial charge in [0.05, 0.1) is 5.75 Å². The fourth-order valence-corrected chi connectivity index (χ4v) is 2.60. The fourth-order valence-electron chi connectivity index (χ4n) is 1.94. The molecule has 8 heteroatoms. The van der Waals surface area contributed by atoms with E-state index in [4.69, 9.17) is 5.73 Å². The van der Waals surface area contributed by atoms with Crippen LogP contribution in [0.1, 0.15) is 33.1 Å². The van der Waals surface area contributed by atoms with Crippen LogP contribution in [-0.4, -0.2) is 51.2 Å². The summed E-state index contributed by atoms with van der Waals surface area (Å²) in [6, 6.07) is 0. The Balaban J connectivity index is 0.00000361. The van der Waals surface area contributed by atoms with Crippen LogP contribution in [-0.2, 0) is 10.0 Å². The minimum Gasteiger partial charge on any atom is -0.370 e. The SMILES string of the molecule is CCS(=O)(=O)NCCCN=C(N)N1CCC(C)CC1.I. The lowest BCUT2D eigenvalue weighted by molar-refractivity contribution is 0.277. The zero-order chi connectivity index (χ0) is 14.3. The van der Waals surface area contributed by atoms with Gasteiger partial charge in [-0.3, -0.25) is 4.99 Å². The van der Waals surface area contributed by atoms with Gasteiger partial charge in [-0.05, 0) is 32.1 Å². The molecular formula is C12H27IN4O2S. The lowest BCUT2D eigenvalue weighted by Gasteiger charge is -2.31. The van der Waals surface area contributed by atoms with E-state index in [0.717, 1.165) is 31.8 Å². The van der Waals surface area contributed by atoms with Crippen molar-refractivity contribution < 1.29 is 8.42 Å². The maximum atomic E-state index is 11.2. The predicted molar refractivity (Wildman–Crippen MR) is 94.0 cm³/mol. The predicted octanol–water partition coefficient (Wildman–Crippen LogP) is 0.980. The van der Waals surface area contributed by atoms with Crippen molar-refractivity contribution in [2.45, 2.75) is 33.1 Å². The summed E-state index contributed by atoms with van der Waals surface area (Å²) in [5.74, 6) is 1.47. The molecule has 0 radical (unpaired) electrons. The quantitative estimate of drug-likeness (QED) is 0.291. The number of likely N-dealkylation sites (tertiary alicyclic amines) is 1. The van der Waals surface area contributed by atoms with Crippen LogP contribution in [0.25, 0.3) is 0 Å². The van der Waals surface area contributed by atoms with E-state index in [2.05, 4.69) is 21.5 Å². The third-order valence-corrected chi connectivity index (χ3v) is 4.82. The van der Waals surface area contributed by atoms with E-state index in [-0.39, 0.29) is 29.7 Å². The summed E-state index contributed by atoms with van der Waals surface area (Å²) in [5, 5.41) is 0. The number of halogens is 1. The van der Waals surface area contributed by atoms with Crippen molar-refractivity contribution in [1.82, 2.24) is 9.62 Å². The number of rotatable bonds is 6. The van der Waals surface area contributed by atoms with Crippen LogP contribution < -0.4 is 10.5 Å². The third-order valence-electron chi connectivity index (χ3n) is 3.42. The summed E-state index contributed by atoms with van der Waals surface area (Å²) >= 11 is 0. The Kier molecular flexibility index (Phi) is 9.73. The molecule has 0 aromatic carbocycles. The lowest BCUT2D eigenvalue weighted by Crippen LogP contribution is -2.42. The van der Waals surface area contributed by atoms with E-state index >= 15 is 0 Å². The third kappa shape index (κ3) is 7.63. The van der Waals surface area contributed by atoms with Gasteiger partial charge in [0, 0.05) is 26.2 Å². The molecule has 1 fully saturated rings. The summed E-state index contributed by atoms with van der Waals surface area (Å²) in [6.45, 7) is 6.80. The summed E-state index contributed by atoms with van der Waals surface area (Å²) < 4.78 is 24.9. The molecular weight excluding hydrogens is 391 g/mol. The van der Waals surface area contributed by atoms with Gasteiger partial charge >= 0.3 is 0 Å². The highest BCUT2D eigenvalue weighted by molar-refractivity contribution is 14.0. The molecule has 20 heavy (non-hydrogen) atoms. The van der Waals surface area contributed by atoms with E-state index in [9.17, 15) is 8.42 Å². The largest absolute Gasteiger partial charge is 0.370 e. The van der Waals surface area contributed by atoms with Crippen LogP contribution >= 0.6 is 24.0 Å². The standard InChI is InChI=1S/C12H26N4O2S.HI/c1-3-19(17,18)15-8-4-7-14-12(13)16-9-5-11(2)6-10-16;/h11,15H,3-10H2,1-2H3,(H2,13,14);1H. The first-order valence-electron chi connectivity index (χ1n) is 6.97. The molecule has 0 spiro atoms. The van der Waals surface area contributed by atoms with Crippen LogP contribution in [0.15, 0.2) is 4.99 Å². The smallest absolute Gasteiger partial charge is 0.211 e. The van der Waals surface area contributed by atoms with Gasteiger partial charge in [0.15, 0.2) is 5.96 Å². The molecule has 0 unspecified atom stereocenters. The van der Waals surface area contributed by atoms with Crippen LogP contribution in [0.4, 0.5) is 0 Å². The first-order chi connectivity index (χ1) is 8.94. The van der Waals surface area contributed by atoms with E-state index < -0.39 is 10.0 Å². The minimum atomic E-state index is -3.09. The van der Waals surface area contributed by atoms with Gasteiger partial charge in [-0.25, -0.2) is 13.1 Å². The van der Waals surface area contributed by atoms with Gasteiger partial charge < -0.3 is 10.6 Å². The van der Waals surface area contributed by atoms with Crippen LogP contribution in [0, 0.1) is 5.92 Å². The number of hydrogen-bond acceptors (Lipinski definition) is 3. The molecule has 1 rings (SSSR count). The van der Waals surface area contributed by atoms with Crippen molar-refractivity contribution in [2.75, 3.05) is 31.9 Å². The van der Waals surface area contributed by atoms with Crippen molar-refractivity contribution in [3.63, 3.8) is 0 Å². The second kappa shape index (κ2) is 9.78. The maximum Gasteiger partial charge on any atom is 0.211 e. The number of nitrogens with zero attached hydrogens (tertiary/aromatic N) is 2. The second-order valence-electron chi connectivity index (χ2n) is 5.06. The number of sulfonamides is 1. The topological polar surface area (TPSA) is 87.8 Å². The number of nitrogens with two attached hydrogens (primary N) is 1. The molecule has 0 bridgehead atoms. The van der Waals surface area contributed by atoms with E-state index in [1.165, 1.54) is 0 Å². The number of nitrogens with one attached hydrogen (secondary N) is 1. The van der Waals surface area contributed by atoms with E-state index in [1.54, 1.807) is 6.92 Å². The molecule has 0 aromatic heterocycles. The molecule has 6 nitrogen and oxygen atoms in total. The zero-order valence-electron chi connectivity index (χ0n) is 12.3. The molecule has 0 amide bonds.